The fourth-order valence-corrected chi connectivity index (χ4v) is 4.63. The molecule has 0 spiro atoms. The summed E-state index contributed by atoms with van der Waals surface area (Å²) in [5.41, 5.74) is 3.11. The Hall–Kier alpha value is -2.96. The molecule has 0 aromatic heterocycles. The Balaban J connectivity index is 1.37. The molecule has 2 N–H and O–H groups in total. The van der Waals surface area contributed by atoms with E-state index in [2.05, 4.69) is 17.4 Å². The van der Waals surface area contributed by atoms with Crippen molar-refractivity contribution in [3.63, 3.8) is 0 Å². The van der Waals surface area contributed by atoms with Crippen LogP contribution < -0.4 is 14.8 Å². The molecule has 0 radical (unpaired) electrons. The molecule has 0 aliphatic carbocycles. The molecule has 2 atom stereocenters. The first-order valence-electron chi connectivity index (χ1n) is 9.82. The van der Waals surface area contributed by atoms with Gasteiger partial charge >= 0.3 is 5.97 Å². The van der Waals surface area contributed by atoms with Crippen LogP contribution in [0.2, 0.25) is 0 Å². The Morgan fingerprint density at radius 1 is 0.900 bits per heavy atom. The second-order valence-electron chi connectivity index (χ2n) is 6.87. The largest absolute Gasteiger partial charge is 0.490 e. The van der Waals surface area contributed by atoms with E-state index in [4.69, 9.17) is 9.47 Å². The lowest BCUT2D eigenvalue weighted by Crippen LogP contribution is -2.33. The average molecular weight is 422 g/mol. The summed E-state index contributed by atoms with van der Waals surface area (Å²) in [5, 5.41) is 12.3. The second-order valence-corrected chi connectivity index (χ2v) is 8.01. The number of ether oxygens (including phenoxy) is 2. The van der Waals surface area contributed by atoms with Crippen molar-refractivity contribution >= 4 is 17.7 Å². The summed E-state index contributed by atoms with van der Waals surface area (Å²) in [5.74, 6) is 1.27. The second kappa shape index (κ2) is 9.69. The highest BCUT2D eigenvalue weighted by Crippen LogP contribution is 2.37. The first kappa shape index (κ1) is 20.3. The van der Waals surface area contributed by atoms with Gasteiger partial charge in [-0.2, -0.15) is 0 Å². The normalized spacial score (nSPS) is 18.1. The molecule has 6 heteroatoms. The third-order valence-corrected chi connectivity index (χ3v) is 6.10. The Labute approximate surface area is 180 Å². The number of aliphatic carboxylic acids is 1. The van der Waals surface area contributed by atoms with Crippen LogP contribution in [0.15, 0.2) is 78.9 Å². The summed E-state index contributed by atoms with van der Waals surface area (Å²) in [7, 11) is 0. The fourth-order valence-electron chi connectivity index (χ4n) is 3.37. The molecule has 5 nitrogen and oxygen atoms in total. The maximum atomic E-state index is 11.2. The van der Waals surface area contributed by atoms with Crippen molar-refractivity contribution in [2.75, 3.05) is 19.0 Å². The van der Waals surface area contributed by atoms with Gasteiger partial charge in [0.2, 0.25) is 0 Å². The van der Waals surface area contributed by atoms with Gasteiger partial charge in [0, 0.05) is 16.9 Å². The zero-order chi connectivity index (χ0) is 20.8. The quantitative estimate of drug-likeness (QED) is 0.518. The lowest BCUT2D eigenvalue weighted by molar-refractivity contribution is -0.138. The Morgan fingerprint density at radius 3 is 2.27 bits per heavy atom. The number of thioether (sulfide) groups is 1. The van der Waals surface area contributed by atoms with Gasteiger partial charge < -0.3 is 14.6 Å². The number of carbonyl (C=O) groups is 1. The number of benzene rings is 3. The van der Waals surface area contributed by atoms with Crippen LogP contribution in [0.3, 0.4) is 0 Å². The summed E-state index contributed by atoms with van der Waals surface area (Å²) in [6.07, 6.45) is 0. The van der Waals surface area contributed by atoms with Gasteiger partial charge in [-0.25, -0.2) is 0 Å². The predicted molar refractivity (Wildman–Crippen MR) is 119 cm³/mol. The highest BCUT2D eigenvalue weighted by Gasteiger charge is 2.31. The number of rotatable bonds is 8. The van der Waals surface area contributed by atoms with Gasteiger partial charge in [0.15, 0.2) is 0 Å². The molecule has 30 heavy (non-hydrogen) atoms. The van der Waals surface area contributed by atoms with E-state index in [1.165, 1.54) is 0 Å². The SMILES string of the molecule is O=C(O)C1CSC(c2ccccc2OCCOc2ccccc2-c2ccccc2)N1. The van der Waals surface area contributed by atoms with Crippen LogP contribution in [-0.4, -0.2) is 36.1 Å². The molecule has 1 heterocycles. The molecule has 0 amide bonds. The highest BCUT2D eigenvalue weighted by atomic mass is 32.2. The van der Waals surface area contributed by atoms with Crippen LogP contribution in [0.1, 0.15) is 10.9 Å². The monoisotopic (exact) mass is 421 g/mol. The van der Waals surface area contributed by atoms with E-state index >= 15 is 0 Å². The topological polar surface area (TPSA) is 67.8 Å². The zero-order valence-corrected chi connectivity index (χ0v) is 17.2. The first-order chi connectivity index (χ1) is 14.7. The lowest BCUT2D eigenvalue weighted by atomic mass is 10.1. The van der Waals surface area contributed by atoms with Crippen molar-refractivity contribution in [2.45, 2.75) is 11.4 Å². The molecule has 2 unspecified atom stereocenters. The van der Waals surface area contributed by atoms with Crippen LogP contribution in [0.5, 0.6) is 11.5 Å². The molecule has 1 aliphatic rings. The van der Waals surface area contributed by atoms with E-state index in [1.54, 1.807) is 11.8 Å². The number of nitrogens with one attached hydrogen (secondary N) is 1. The van der Waals surface area contributed by atoms with Crippen molar-refractivity contribution in [3.8, 4) is 22.6 Å². The molecule has 0 bridgehead atoms. The summed E-state index contributed by atoms with van der Waals surface area (Å²) in [6.45, 7) is 0.793. The molecular formula is C24H23NO4S. The van der Waals surface area contributed by atoms with E-state index in [0.717, 1.165) is 28.2 Å². The van der Waals surface area contributed by atoms with Gasteiger partial charge in [-0.1, -0.05) is 66.7 Å². The molecule has 0 saturated carbocycles. The van der Waals surface area contributed by atoms with Crippen molar-refractivity contribution in [2.24, 2.45) is 0 Å². The summed E-state index contributed by atoms with van der Waals surface area (Å²) >= 11 is 1.58. The number of carboxylic acids is 1. The minimum atomic E-state index is -0.825. The first-order valence-corrected chi connectivity index (χ1v) is 10.9. The average Bonchev–Trinajstić information content (AvgIpc) is 3.28. The van der Waals surface area contributed by atoms with Crippen LogP contribution >= 0.6 is 11.8 Å². The maximum Gasteiger partial charge on any atom is 0.321 e. The standard InChI is InChI=1S/C24H23NO4S/c26-24(27)20-16-30-23(25-20)19-11-5-7-13-22(19)29-15-14-28-21-12-6-4-10-18(21)17-8-2-1-3-9-17/h1-13,20,23,25H,14-16H2,(H,26,27). The van der Waals surface area contributed by atoms with Gasteiger partial charge in [0.1, 0.15) is 30.8 Å². The maximum absolute atomic E-state index is 11.2. The predicted octanol–water partition coefficient (Wildman–Crippen LogP) is 4.60. The molecule has 1 fully saturated rings. The molecule has 154 valence electrons. The van der Waals surface area contributed by atoms with Crippen molar-refractivity contribution < 1.29 is 19.4 Å². The van der Waals surface area contributed by atoms with Crippen LogP contribution in [-0.2, 0) is 4.79 Å². The summed E-state index contributed by atoms with van der Waals surface area (Å²) in [4.78, 5) is 11.2. The third-order valence-electron chi connectivity index (χ3n) is 4.85. The fraction of sp³-hybridized carbons (Fsp3) is 0.208. The number of hydrogen-bond donors (Lipinski definition) is 2. The van der Waals surface area contributed by atoms with Crippen molar-refractivity contribution in [1.82, 2.24) is 5.32 Å². The Morgan fingerprint density at radius 2 is 1.53 bits per heavy atom. The van der Waals surface area contributed by atoms with E-state index < -0.39 is 12.0 Å². The molecule has 3 aromatic carbocycles. The number of para-hydroxylation sites is 2. The van der Waals surface area contributed by atoms with Crippen LogP contribution in [0, 0.1) is 0 Å². The third kappa shape index (κ3) is 4.78. The minimum Gasteiger partial charge on any atom is -0.490 e. The smallest absolute Gasteiger partial charge is 0.321 e. The lowest BCUT2D eigenvalue weighted by Gasteiger charge is -2.17. The van der Waals surface area contributed by atoms with Crippen molar-refractivity contribution in [3.05, 3.63) is 84.4 Å². The van der Waals surface area contributed by atoms with E-state index in [-0.39, 0.29) is 5.37 Å². The van der Waals surface area contributed by atoms with Gasteiger partial charge in [0.25, 0.3) is 0 Å². The summed E-state index contributed by atoms with van der Waals surface area (Å²) < 4.78 is 12.0. The van der Waals surface area contributed by atoms with Gasteiger partial charge in [-0.05, 0) is 17.7 Å². The van der Waals surface area contributed by atoms with E-state index in [9.17, 15) is 9.90 Å². The van der Waals surface area contributed by atoms with Gasteiger partial charge in [-0.3, -0.25) is 10.1 Å². The molecule has 3 aromatic rings. The Bertz CT molecular complexity index is 995. The van der Waals surface area contributed by atoms with E-state index in [1.807, 2.05) is 66.7 Å². The minimum absolute atomic E-state index is 0.0953. The van der Waals surface area contributed by atoms with Crippen LogP contribution in [0.25, 0.3) is 11.1 Å². The Kier molecular flexibility index (Phi) is 6.57. The molecule has 4 rings (SSSR count). The zero-order valence-electron chi connectivity index (χ0n) is 16.4. The highest BCUT2D eigenvalue weighted by molar-refractivity contribution is 7.99. The van der Waals surface area contributed by atoms with Gasteiger partial charge in [-0.15, -0.1) is 11.8 Å². The molecule has 1 saturated heterocycles. The molecule has 1 aliphatic heterocycles. The number of carboxylic acid groups (broad SMARTS) is 1. The summed E-state index contributed by atoms with van der Waals surface area (Å²) in [6, 6.07) is 25.3. The van der Waals surface area contributed by atoms with Crippen molar-refractivity contribution in [1.29, 1.82) is 0 Å². The van der Waals surface area contributed by atoms with Crippen LogP contribution in [0.4, 0.5) is 0 Å². The van der Waals surface area contributed by atoms with E-state index in [0.29, 0.717) is 19.0 Å². The molecular weight excluding hydrogens is 398 g/mol. The number of hydrogen-bond acceptors (Lipinski definition) is 5. The van der Waals surface area contributed by atoms with Gasteiger partial charge in [0.05, 0.1) is 5.37 Å².